The van der Waals surface area contributed by atoms with Crippen molar-refractivity contribution < 1.29 is 4.79 Å². The number of hydrogen-bond donors (Lipinski definition) is 1. The van der Waals surface area contributed by atoms with Gasteiger partial charge >= 0.3 is 0 Å². The maximum absolute atomic E-state index is 13.1. The van der Waals surface area contributed by atoms with Crippen LogP contribution in [0.1, 0.15) is 25.8 Å². The Morgan fingerprint density at radius 3 is 2.74 bits per heavy atom. The number of para-hydroxylation sites is 1. The van der Waals surface area contributed by atoms with E-state index in [9.17, 15) is 9.59 Å². The number of nitrogens with one attached hydrogen (secondary N) is 1. The first-order chi connectivity index (χ1) is 16.5. The van der Waals surface area contributed by atoms with E-state index in [1.165, 1.54) is 28.8 Å². The molecule has 1 aromatic heterocycles. The molecular weight excluding hydrogens is 464 g/mol. The normalized spacial score (nSPS) is 14.6. The number of rotatable bonds is 9. The van der Waals surface area contributed by atoms with E-state index in [1.807, 2.05) is 48.2 Å². The van der Waals surface area contributed by atoms with Crippen molar-refractivity contribution in [2.45, 2.75) is 38.5 Å². The minimum atomic E-state index is -0.102. The fourth-order valence-electron chi connectivity index (χ4n) is 3.93. The maximum atomic E-state index is 13.1. The van der Waals surface area contributed by atoms with Crippen LogP contribution in [0.3, 0.4) is 0 Å². The lowest BCUT2D eigenvalue weighted by molar-refractivity contribution is -0.113. The van der Waals surface area contributed by atoms with E-state index in [0.717, 1.165) is 31.7 Å². The van der Waals surface area contributed by atoms with Gasteiger partial charge in [0.25, 0.3) is 5.56 Å². The summed E-state index contributed by atoms with van der Waals surface area (Å²) in [6.07, 6.45) is 0.877. The fraction of sp³-hybridized carbons (Fsp3) is 0.423. The molecule has 1 aliphatic rings. The second kappa shape index (κ2) is 11.9. The van der Waals surface area contributed by atoms with Crippen LogP contribution in [0, 0.1) is 5.92 Å². The molecule has 34 heavy (non-hydrogen) atoms. The van der Waals surface area contributed by atoms with Gasteiger partial charge in [0.05, 0.1) is 16.7 Å². The lowest BCUT2D eigenvalue weighted by Gasteiger charge is -2.26. The van der Waals surface area contributed by atoms with Gasteiger partial charge in [-0.1, -0.05) is 49.9 Å². The molecule has 2 aromatic carbocycles. The molecule has 0 spiro atoms. The molecule has 0 bridgehead atoms. The SMILES string of the molecule is CC(C)CCn1c(SCC(=O)Nc2cccc(CN3CCSCC3)c2)nc2ccccc2c1=O. The number of carbonyl (C=O) groups excluding carboxylic acids is 1. The van der Waals surface area contributed by atoms with Crippen LogP contribution in [0.25, 0.3) is 10.9 Å². The highest BCUT2D eigenvalue weighted by atomic mass is 32.2. The molecule has 8 heteroatoms. The van der Waals surface area contributed by atoms with Gasteiger partial charge in [0.1, 0.15) is 0 Å². The van der Waals surface area contributed by atoms with E-state index in [-0.39, 0.29) is 17.2 Å². The van der Waals surface area contributed by atoms with Gasteiger partial charge in [0, 0.05) is 43.4 Å². The summed E-state index contributed by atoms with van der Waals surface area (Å²) in [6, 6.07) is 15.5. The van der Waals surface area contributed by atoms with Crippen molar-refractivity contribution in [1.82, 2.24) is 14.5 Å². The van der Waals surface area contributed by atoms with Crippen LogP contribution < -0.4 is 10.9 Å². The number of amides is 1. The number of aromatic nitrogens is 2. The van der Waals surface area contributed by atoms with E-state index < -0.39 is 0 Å². The Labute approximate surface area is 209 Å². The minimum absolute atomic E-state index is 0.0435. The molecule has 4 rings (SSSR count). The lowest BCUT2D eigenvalue weighted by atomic mass is 10.1. The topological polar surface area (TPSA) is 67.2 Å². The molecule has 1 fully saturated rings. The number of carbonyl (C=O) groups is 1. The van der Waals surface area contributed by atoms with Crippen molar-refractivity contribution in [3.05, 3.63) is 64.4 Å². The molecule has 0 atom stereocenters. The second-order valence-electron chi connectivity index (χ2n) is 8.98. The minimum Gasteiger partial charge on any atom is -0.325 e. The predicted octanol–water partition coefficient (Wildman–Crippen LogP) is 4.72. The first-order valence-electron chi connectivity index (χ1n) is 11.8. The number of thioether (sulfide) groups is 2. The molecular formula is C26H32N4O2S2. The molecule has 2 heterocycles. The van der Waals surface area contributed by atoms with E-state index in [1.54, 1.807) is 4.57 Å². The summed E-state index contributed by atoms with van der Waals surface area (Å²) >= 11 is 3.32. The van der Waals surface area contributed by atoms with Crippen molar-refractivity contribution in [3.8, 4) is 0 Å². The van der Waals surface area contributed by atoms with Crippen LogP contribution in [-0.4, -0.2) is 50.7 Å². The zero-order valence-electron chi connectivity index (χ0n) is 19.8. The van der Waals surface area contributed by atoms with Crippen molar-refractivity contribution >= 4 is 46.0 Å². The highest BCUT2D eigenvalue weighted by molar-refractivity contribution is 7.99. The maximum Gasteiger partial charge on any atom is 0.262 e. The van der Waals surface area contributed by atoms with Gasteiger partial charge in [-0.05, 0) is 42.2 Å². The predicted molar refractivity (Wildman–Crippen MR) is 144 cm³/mol. The van der Waals surface area contributed by atoms with E-state index >= 15 is 0 Å². The van der Waals surface area contributed by atoms with Gasteiger partial charge in [-0.15, -0.1) is 0 Å². The molecule has 1 N–H and O–H groups in total. The average molecular weight is 497 g/mol. The summed E-state index contributed by atoms with van der Waals surface area (Å²) in [5.41, 5.74) is 2.63. The summed E-state index contributed by atoms with van der Waals surface area (Å²) in [5, 5.41) is 4.22. The third-order valence-electron chi connectivity index (χ3n) is 5.81. The Kier molecular flexibility index (Phi) is 8.69. The van der Waals surface area contributed by atoms with Gasteiger partial charge in [0.15, 0.2) is 5.16 Å². The van der Waals surface area contributed by atoms with Gasteiger partial charge in [-0.25, -0.2) is 4.98 Å². The molecule has 180 valence electrons. The Morgan fingerprint density at radius 2 is 1.94 bits per heavy atom. The monoisotopic (exact) mass is 496 g/mol. The lowest BCUT2D eigenvalue weighted by Crippen LogP contribution is -2.31. The van der Waals surface area contributed by atoms with Crippen LogP contribution in [0.15, 0.2) is 58.5 Å². The summed E-state index contributed by atoms with van der Waals surface area (Å²) < 4.78 is 1.72. The highest BCUT2D eigenvalue weighted by Crippen LogP contribution is 2.20. The van der Waals surface area contributed by atoms with Crippen LogP contribution in [0.4, 0.5) is 5.69 Å². The first kappa shape index (κ1) is 24.8. The van der Waals surface area contributed by atoms with Crippen LogP contribution in [0.5, 0.6) is 0 Å². The van der Waals surface area contributed by atoms with Gasteiger partial charge < -0.3 is 5.32 Å². The third kappa shape index (κ3) is 6.64. The summed E-state index contributed by atoms with van der Waals surface area (Å²) in [6.45, 7) is 7.98. The Balaban J connectivity index is 1.43. The van der Waals surface area contributed by atoms with E-state index in [4.69, 9.17) is 4.98 Å². The molecule has 1 aliphatic heterocycles. The van der Waals surface area contributed by atoms with Gasteiger partial charge in [0.2, 0.25) is 5.91 Å². The third-order valence-corrected chi connectivity index (χ3v) is 7.73. The van der Waals surface area contributed by atoms with Crippen molar-refractivity contribution in [3.63, 3.8) is 0 Å². The van der Waals surface area contributed by atoms with Crippen molar-refractivity contribution in [2.24, 2.45) is 5.92 Å². The fourth-order valence-corrected chi connectivity index (χ4v) is 5.74. The number of benzene rings is 2. The molecule has 3 aromatic rings. The zero-order chi connectivity index (χ0) is 23.9. The van der Waals surface area contributed by atoms with Crippen LogP contribution in [-0.2, 0) is 17.9 Å². The van der Waals surface area contributed by atoms with Crippen LogP contribution >= 0.6 is 23.5 Å². The van der Waals surface area contributed by atoms with E-state index in [2.05, 4.69) is 36.2 Å². The molecule has 0 unspecified atom stereocenters. The number of anilines is 1. The molecule has 0 aliphatic carbocycles. The standard InChI is InChI=1S/C26H32N4O2S2/c1-19(2)10-11-30-25(32)22-8-3-4-9-23(22)28-26(30)34-18-24(31)27-21-7-5-6-20(16-21)17-29-12-14-33-15-13-29/h3-9,16,19H,10-15,17-18H2,1-2H3,(H,27,31). The smallest absolute Gasteiger partial charge is 0.262 e. The number of fused-ring (bicyclic) bond motifs is 1. The first-order valence-corrected chi connectivity index (χ1v) is 13.9. The van der Waals surface area contributed by atoms with Crippen LogP contribution in [0.2, 0.25) is 0 Å². The summed E-state index contributed by atoms with van der Waals surface area (Å²) in [4.78, 5) is 33.0. The second-order valence-corrected chi connectivity index (χ2v) is 11.1. The molecule has 0 saturated carbocycles. The summed E-state index contributed by atoms with van der Waals surface area (Å²) in [5.74, 6) is 2.92. The molecule has 6 nitrogen and oxygen atoms in total. The number of nitrogens with zero attached hydrogens (tertiary/aromatic N) is 3. The van der Waals surface area contributed by atoms with E-state index in [0.29, 0.717) is 28.5 Å². The zero-order valence-corrected chi connectivity index (χ0v) is 21.5. The van der Waals surface area contributed by atoms with Gasteiger partial charge in [-0.2, -0.15) is 11.8 Å². The molecule has 1 saturated heterocycles. The largest absolute Gasteiger partial charge is 0.325 e. The quantitative estimate of drug-likeness (QED) is 0.342. The van der Waals surface area contributed by atoms with Gasteiger partial charge in [-0.3, -0.25) is 19.1 Å². The number of hydrogen-bond acceptors (Lipinski definition) is 6. The van der Waals surface area contributed by atoms with Crippen molar-refractivity contribution in [1.29, 1.82) is 0 Å². The molecule has 0 radical (unpaired) electrons. The average Bonchev–Trinajstić information content (AvgIpc) is 2.83. The highest BCUT2D eigenvalue weighted by Gasteiger charge is 2.15. The summed E-state index contributed by atoms with van der Waals surface area (Å²) in [7, 11) is 0. The Hall–Kier alpha value is -2.29. The Bertz CT molecular complexity index is 1190. The Morgan fingerprint density at radius 1 is 1.15 bits per heavy atom. The van der Waals surface area contributed by atoms with Crippen molar-refractivity contribution in [2.75, 3.05) is 35.7 Å². The molecule has 1 amide bonds.